The Labute approximate surface area is 101 Å². The van der Waals surface area contributed by atoms with Gasteiger partial charge in [0.15, 0.2) is 11.5 Å². The first kappa shape index (κ1) is 12.2. The van der Waals surface area contributed by atoms with Crippen molar-refractivity contribution in [1.82, 2.24) is 0 Å². The van der Waals surface area contributed by atoms with E-state index in [0.717, 1.165) is 38.0 Å². The number of para-hydroxylation sites is 1. The summed E-state index contributed by atoms with van der Waals surface area (Å²) in [4.78, 5) is 1.40. The summed E-state index contributed by atoms with van der Waals surface area (Å²) in [5, 5.41) is 19.4. The van der Waals surface area contributed by atoms with Gasteiger partial charge in [-0.05, 0) is 12.1 Å². The molecule has 0 saturated carbocycles. The second-order valence-electron chi connectivity index (χ2n) is 4.63. The Morgan fingerprint density at radius 2 is 2.06 bits per heavy atom. The number of aliphatic hydroxyl groups is 1. The van der Waals surface area contributed by atoms with Crippen molar-refractivity contribution in [2.24, 2.45) is 0 Å². The van der Waals surface area contributed by atoms with Crippen molar-refractivity contribution in [3.8, 4) is 11.5 Å². The molecule has 1 aliphatic heterocycles. The molecular formula is C13H20NO3+. The zero-order valence-corrected chi connectivity index (χ0v) is 10.1. The number of benzene rings is 1. The molecule has 1 fully saturated rings. The highest BCUT2D eigenvalue weighted by Gasteiger charge is 2.21. The van der Waals surface area contributed by atoms with E-state index in [1.54, 1.807) is 13.2 Å². The standard InChI is InChI=1S/C13H19NO3/c1-17-12-4-2-3-10(13(12)16)9-14-7-5-11(15)6-8-14/h2-4,11,15-16H,5-9H2,1H3/p+1. The zero-order chi connectivity index (χ0) is 12.3. The maximum atomic E-state index is 9.98. The van der Waals surface area contributed by atoms with Gasteiger partial charge in [0.25, 0.3) is 0 Å². The van der Waals surface area contributed by atoms with Crippen molar-refractivity contribution >= 4 is 0 Å². The summed E-state index contributed by atoms with van der Waals surface area (Å²) >= 11 is 0. The van der Waals surface area contributed by atoms with E-state index >= 15 is 0 Å². The van der Waals surface area contributed by atoms with Gasteiger partial charge in [-0.1, -0.05) is 6.07 Å². The molecule has 1 aliphatic rings. The van der Waals surface area contributed by atoms with Crippen LogP contribution in [-0.4, -0.2) is 36.5 Å². The van der Waals surface area contributed by atoms with Crippen molar-refractivity contribution < 1.29 is 19.8 Å². The third-order valence-corrected chi connectivity index (χ3v) is 3.41. The first-order chi connectivity index (χ1) is 8.20. The van der Waals surface area contributed by atoms with Crippen LogP contribution in [0.25, 0.3) is 0 Å². The van der Waals surface area contributed by atoms with E-state index in [2.05, 4.69) is 0 Å². The van der Waals surface area contributed by atoms with Gasteiger partial charge in [-0.3, -0.25) is 0 Å². The van der Waals surface area contributed by atoms with Crippen molar-refractivity contribution in [2.75, 3.05) is 20.2 Å². The average molecular weight is 238 g/mol. The molecule has 0 unspecified atom stereocenters. The lowest BCUT2D eigenvalue weighted by Crippen LogP contribution is -3.12. The fraction of sp³-hybridized carbons (Fsp3) is 0.538. The molecule has 0 bridgehead atoms. The smallest absolute Gasteiger partial charge is 0.166 e. The minimum atomic E-state index is -0.141. The lowest BCUT2D eigenvalue weighted by Gasteiger charge is -2.26. The summed E-state index contributed by atoms with van der Waals surface area (Å²) in [7, 11) is 1.56. The molecule has 2 rings (SSSR count). The molecule has 0 aromatic heterocycles. The van der Waals surface area contributed by atoms with Crippen molar-refractivity contribution in [3.05, 3.63) is 23.8 Å². The summed E-state index contributed by atoms with van der Waals surface area (Å²) in [6.07, 6.45) is 1.55. The van der Waals surface area contributed by atoms with Crippen LogP contribution in [-0.2, 0) is 6.54 Å². The first-order valence-corrected chi connectivity index (χ1v) is 6.07. The van der Waals surface area contributed by atoms with Crippen LogP contribution in [0.15, 0.2) is 18.2 Å². The van der Waals surface area contributed by atoms with Gasteiger partial charge in [-0.15, -0.1) is 0 Å². The van der Waals surface area contributed by atoms with Crippen molar-refractivity contribution in [3.63, 3.8) is 0 Å². The Kier molecular flexibility index (Phi) is 3.86. The average Bonchev–Trinajstić information content (AvgIpc) is 2.35. The molecule has 0 aliphatic carbocycles. The van der Waals surface area contributed by atoms with Crippen LogP contribution in [0.5, 0.6) is 11.5 Å². The number of aliphatic hydroxyl groups excluding tert-OH is 1. The zero-order valence-electron chi connectivity index (χ0n) is 10.1. The van der Waals surface area contributed by atoms with Gasteiger partial charge in [-0.25, -0.2) is 0 Å². The Morgan fingerprint density at radius 1 is 1.35 bits per heavy atom. The summed E-state index contributed by atoms with van der Waals surface area (Å²) in [6.45, 7) is 2.70. The molecule has 1 aromatic carbocycles. The summed E-state index contributed by atoms with van der Waals surface area (Å²) in [5.41, 5.74) is 0.913. The maximum absolute atomic E-state index is 9.98. The molecule has 17 heavy (non-hydrogen) atoms. The van der Waals surface area contributed by atoms with Gasteiger partial charge >= 0.3 is 0 Å². The van der Waals surface area contributed by atoms with Crippen LogP contribution in [0.2, 0.25) is 0 Å². The number of quaternary nitrogens is 1. The Balaban J connectivity index is 2.03. The lowest BCUT2D eigenvalue weighted by atomic mass is 10.1. The molecule has 1 heterocycles. The normalized spacial score (nSPS) is 24.6. The van der Waals surface area contributed by atoms with Gasteiger partial charge < -0.3 is 19.8 Å². The number of nitrogens with one attached hydrogen (secondary N) is 1. The van der Waals surface area contributed by atoms with Gasteiger partial charge in [0.05, 0.1) is 31.9 Å². The number of aromatic hydroxyl groups is 1. The van der Waals surface area contributed by atoms with Crippen LogP contribution in [0.4, 0.5) is 0 Å². The van der Waals surface area contributed by atoms with E-state index in [1.807, 2.05) is 12.1 Å². The van der Waals surface area contributed by atoms with E-state index < -0.39 is 0 Å². The number of methoxy groups -OCH3 is 1. The van der Waals surface area contributed by atoms with Crippen LogP contribution in [0.3, 0.4) is 0 Å². The monoisotopic (exact) mass is 238 g/mol. The van der Waals surface area contributed by atoms with E-state index in [-0.39, 0.29) is 11.9 Å². The number of piperidine rings is 1. The molecule has 1 saturated heterocycles. The van der Waals surface area contributed by atoms with E-state index in [4.69, 9.17) is 4.74 Å². The lowest BCUT2D eigenvalue weighted by molar-refractivity contribution is -0.919. The molecule has 0 spiro atoms. The summed E-state index contributed by atoms with van der Waals surface area (Å²) in [6, 6.07) is 5.58. The Morgan fingerprint density at radius 3 is 2.71 bits per heavy atom. The van der Waals surface area contributed by atoms with E-state index in [9.17, 15) is 10.2 Å². The van der Waals surface area contributed by atoms with Gasteiger partial charge in [0, 0.05) is 12.8 Å². The third kappa shape index (κ3) is 2.90. The minimum absolute atomic E-state index is 0.141. The van der Waals surface area contributed by atoms with Gasteiger partial charge in [-0.2, -0.15) is 0 Å². The number of hydrogen-bond acceptors (Lipinski definition) is 3. The fourth-order valence-electron chi connectivity index (χ4n) is 2.33. The number of hydrogen-bond donors (Lipinski definition) is 3. The van der Waals surface area contributed by atoms with E-state index in [1.165, 1.54) is 4.90 Å². The number of phenolic OH excluding ortho intramolecular Hbond substituents is 1. The molecule has 3 N–H and O–H groups in total. The number of ether oxygens (including phenoxy) is 1. The van der Waals surface area contributed by atoms with E-state index in [0.29, 0.717) is 5.75 Å². The van der Waals surface area contributed by atoms with Gasteiger partial charge in [0.1, 0.15) is 6.54 Å². The first-order valence-electron chi connectivity index (χ1n) is 6.07. The topological polar surface area (TPSA) is 54.1 Å². The molecule has 0 amide bonds. The maximum Gasteiger partial charge on any atom is 0.166 e. The van der Waals surface area contributed by atoms with Gasteiger partial charge in [0.2, 0.25) is 0 Å². The van der Waals surface area contributed by atoms with Crippen LogP contribution in [0.1, 0.15) is 18.4 Å². The number of phenols is 1. The second-order valence-corrected chi connectivity index (χ2v) is 4.63. The number of rotatable bonds is 3. The molecular weight excluding hydrogens is 218 g/mol. The molecule has 0 radical (unpaired) electrons. The second kappa shape index (κ2) is 5.38. The molecule has 0 atom stereocenters. The molecule has 94 valence electrons. The summed E-state index contributed by atoms with van der Waals surface area (Å²) < 4.78 is 5.09. The molecule has 1 aromatic rings. The largest absolute Gasteiger partial charge is 0.504 e. The fourth-order valence-corrected chi connectivity index (χ4v) is 2.33. The van der Waals surface area contributed by atoms with Crippen LogP contribution in [0, 0.1) is 0 Å². The number of likely N-dealkylation sites (tertiary alicyclic amines) is 1. The quantitative estimate of drug-likeness (QED) is 0.691. The summed E-state index contributed by atoms with van der Waals surface area (Å²) in [5.74, 6) is 0.771. The van der Waals surface area contributed by atoms with Crippen LogP contribution < -0.4 is 9.64 Å². The van der Waals surface area contributed by atoms with Crippen molar-refractivity contribution in [1.29, 1.82) is 0 Å². The van der Waals surface area contributed by atoms with Crippen LogP contribution >= 0.6 is 0 Å². The minimum Gasteiger partial charge on any atom is -0.504 e. The highest BCUT2D eigenvalue weighted by Crippen LogP contribution is 2.28. The predicted molar refractivity (Wildman–Crippen MR) is 64.3 cm³/mol. The SMILES string of the molecule is COc1cccc(C[NH+]2CCC(O)CC2)c1O. The Hall–Kier alpha value is -1.26. The molecule has 4 nitrogen and oxygen atoms in total. The molecule has 4 heteroatoms. The Bertz CT molecular complexity index is 373. The van der Waals surface area contributed by atoms with Crippen molar-refractivity contribution in [2.45, 2.75) is 25.5 Å². The highest BCUT2D eigenvalue weighted by molar-refractivity contribution is 5.44. The third-order valence-electron chi connectivity index (χ3n) is 3.41. The predicted octanol–water partition coefficient (Wildman–Crippen LogP) is -0.0596. The highest BCUT2D eigenvalue weighted by atomic mass is 16.5.